The zero-order valence-electron chi connectivity index (χ0n) is 13.2. The first kappa shape index (κ1) is 18.8. The Morgan fingerprint density at radius 1 is 0.960 bits per heavy atom. The molecule has 0 bridgehead atoms. The topological polar surface area (TPSA) is 59.6 Å². The molecule has 134 valence electrons. The number of nitrogens with one attached hydrogen (secondary N) is 2. The summed E-state index contributed by atoms with van der Waals surface area (Å²) in [6.07, 6.45) is 0. The monoisotopic (exact) mass is 370 g/mol. The van der Waals surface area contributed by atoms with Gasteiger partial charge in [0.05, 0.1) is 13.1 Å². The summed E-state index contributed by atoms with van der Waals surface area (Å²) in [7, 11) is 0. The SMILES string of the molecule is O=C(NCCOc1ccc(Cl)cc1)NCCOc1ccc(F)cc1F. The molecule has 5 nitrogen and oxygen atoms in total. The Morgan fingerprint density at radius 3 is 2.24 bits per heavy atom. The maximum Gasteiger partial charge on any atom is 0.315 e. The van der Waals surface area contributed by atoms with Crippen LogP contribution in [-0.2, 0) is 0 Å². The van der Waals surface area contributed by atoms with E-state index >= 15 is 0 Å². The van der Waals surface area contributed by atoms with Gasteiger partial charge in [-0.2, -0.15) is 0 Å². The summed E-state index contributed by atoms with van der Waals surface area (Å²) in [5.74, 6) is -0.881. The minimum absolute atomic E-state index is 0.0528. The number of rotatable bonds is 8. The smallest absolute Gasteiger partial charge is 0.315 e. The molecule has 0 fully saturated rings. The van der Waals surface area contributed by atoms with Crippen molar-refractivity contribution in [3.63, 3.8) is 0 Å². The van der Waals surface area contributed by atoms with Crippen molar-refractivity contribution < 1.29 is 23.0 Å². The fraction of sp³-hybridized carbons (Fsp3) is 0.235. The lowest BCUT2D eigenvalue weighted by Gasteiger charge is -2.10. The van der Waals surface area contributed by atoms with E-state index in [0.29, 0.717) is 23.9 Å². The first-order chi connectivity index (χ1) is 12.0. The molecule has 0 aliphatic rings. The number of carbonyl (C=O) groups is 1. The molecule has 25 heavy (non-hydrogen) atoms. The minimum Gasteiger partial charge on any atom is -0.492 e. The lowest BCUT2D eigenvalue weighted by Crippen LogP contribution is -2.39. The molecule has 2 N–H and O–H groups in total. The Bertz CT molecular complexity index is 699. The van der Waals surface area contributed by atoms with Crippen molar-refractivity contribution in [2.45, 2.75) is 0 Å². The molecule has 2 amide bonds. The zero-order chi connectivity index (χ0) is 18.1. The average Bonchev–Trinajstić information content (AvgIpc) is 2.59. The van der Waals surface area contributed by atoms with E-state index in [4.69, 9.17) is 21.1 Å². The van der Waals surface area contributed by atoms with Crippen LogP contribution in [0.25, 0.3) is 0 Å². The van der Waals surface area contributed by atoms with Crippen LogP contribution in [0.3, 0.4) is 0 Å². The fourth-order valence-corrected chi connectivity index (χ4v) is 1.97. The predicted octanol–water partition coefficient (Wildman–Crippen LogP) is 3.38. The van der Waals surface area contributed by atoms with Gasteiger partial charge in [-0.05, 0) is 36.4 Å². The van der Waals surface area contributed by atoms with Crippen LogP contribution in [0.4, 0.5) is 13.6 Å². The molecule has 2 rings (SSSR count). The molecule has 0 saturated heterocycles. The van der Waals surface area contributed by atoms with Crippen molar-refractivity contribution in [1.82, 2.24) is 10.6 Å². The largest absolute Gasteiger partial charge is 0.492 e. The molecule has 8 heteroatoms. The van der Waals surface area contributed by atoms with Crippen LogP contribution in [0.15, 0.2) is 42.5 Å². The quantitative estimate of drug-likeness (QED) is 0.700. The second kappa shape index (κ2) is 9.68. The number of ether oxygens (including phenoxy) is 2. The van der Waals surface area contributed by atoms with Gasteiger partial charge in [0.2, 0.25) is 0 Å². The van der Waals surface area contributed by atoms with E-state index in [9.17, 15) is 13.6 Å². The van der Waals surface area contributed by atoms with Crippen LogP contribution >= 0.6 is 11.6 Å². The van der Waals surface area contributed by atoms with Gasteiger partial charge in [0.25, 0.3) is 0 Å². The molecule has 0 saturated carbocycles. The molecule has 2 aromatic rings. The highest BCUT2D eigenvalue weighted by Gasteiger charge is 2.05. The predicted molar refractivity (Wildman–Crippen MR) is 90.2 cm³/mol. The second-order valence-electron chi connectivity index (χ2n) is 4.91. The molecular formula is C17H17ClF2N2O3. The van der Waals surface area contributed by atoms with Crippen molar-refractivity contribution >= 4 is 17.6 Å². The van der Waals surface area contributed by atoms with Crippen molar-refractivity contribution in [3.05, 3.63) is 59.1 Å². The summed E-state index contributed by atoms with van der Waals surface area (Å²) < 4.78 is 36.6. The Balaban J connectivity index is 1.55. The Morgan fingerprint density at radius 2 is 1.60 bits per heavy atom. The first-order valence-electron chi connectivity index (χ1n) is 7.52. The third-order valence-corrected chi connectivity index (χ3v) is 3.26. The normalized spacial score (nSPS) is 10.2. The summed E-state index contributed by atoms with van der Waals surface area (Å²) in [5.41, 5.74) is 0. The molecule has 0 aliphatic carbocycles. The number of hydrogen-bond donors (Lipinski definition) is 2. The summed E-state index contributed by atoms with van der Waals surface area (Å²) in [6, 6.07) is 9.50. The Kier molecular flexibility index (Phi) is 7.28. The van der Waals surface area contributed by atoms with Gasteiger partial charge in [0.15, 0.2) is 11.6 Å². The van der Waals surface area contributed by atoms with Crippen molar-refractivity contribution in [1.29, 1.82) is 0 Å². The van der Waals surface area contributed by atoms with Crippen LogP contribution in [0, 0.1) is 11.6 Å². The van der Waals surface area contributed by atoms with Gasteiger partial charge in [-0.25, -0.2) is 13.6 Å². The van der Waals surface area contributed by atoms with E-state index < -0.39 is 17.7 Å². The van der Waals surface area contributed by atoms with Crippen molar-refractivity contribution in [2.75, 3.05) is 26.3 Å². The summed E-state index contributed by atoms with van der Waals surface area (Å²) >= 11 is 5.76. The van der Waals surface area contributed by atoms with Crippen molar-refractivity contribution in [3.8, 4) is 11.5 Å². The number of benzene rings is 2. The number of hydrogen-bond acceptors (Lipinski definition) is 3. The number of halogens is 3. The van der Waals surface area contributed by atoms with E-state index in [0.717, 1.165) is 12.1 Å². The van der Waals surface area contributed by atoms with Gasteiger partial charge >= 0.3 is 6.03 Å². The zero-order valence-corrected chi connectivity index (χ0v) is 14.0. The molecule has 0 aliphatic heterocycles. The van der Waals surface area contributed by atoms with Crippen LogP contribution in [0.5, 0.6) is 11.5 Å². The summed E-state index contributed by atoms with van der Waals surface area (Å²) in [4.78, 5) is 11.5. The number of amides is 2. The molecular weight excluding hydrogens is 354 g/mol. The fourth-order valence-electron chi connectivity index (χ4n) is 1.84. The molecule has 0 radical (unpaired) electrons. The van der Waals surface area contributed by atoms with E-state index in [-0.39, 0.29) is 18.9 Å². The third-order valence-electron chi connectivity index (χ3n) is 3.01. The maximum absolute atomic E-state index is 13.3. The first-order valence-corrected chi connectivity index (χ1v) is 7.90. The van der Waals surface area contributed by atoms with Crippen molar-refractivity contribution in [2.24, 2.45) is 0 Å². The third kappa shape index (κ3) is 6.84. The number of urea groups is 1. The highest BCUT2D eigenvalue weighted by atomic mass is 35.5. The highest BCUT2D eigenvalue weighted by Crippen LogP contribution is 2.17. The van der Waals surface area contributed by atoms with Gasteiger partial charge in [-0.3, -0.25) is 0 Å². The lowest BCUT2D eigenvalue weighted by atomic mass is 10.3. The molecule has 0 spiro atoms. The standard InChI is InChI=1S/C17H17ClF2N2O3/c18-12-1-4-14(5-2-12)24-9-7-21-17(23)22-8-10-25-16-6-3-13(19)11-15(16)20/h1-6,11H,7-10H2,(H2,21,22,23). The Hall–Kier alpha value is -2.54. The van der Waals surface area contributed by atoms with Crippen LogP contribution in [0.2, 0.25) is 5.02 Å². The van der Waals surface area contributed by atoms with Crippen LogP contribution in [0.1, 0.15) is 0 Å². The van der Waals surface area contributed by atoms with Crippen LogP contribution < -0.4 is 20.1 Å². The minimum atomic E-state index is -0.788. The maximum atomic E-state index is 13.3. The Labute approximate surface area is 148 Å². The molecule has 0 unspecified atom stereocenters. The summed E-state index contributed by atoms with van der Waals surface area (Å²) in [5, 5.41) is 5.76. The highest BCUT2D eigenvalue weighted by molar-refractivity contribution is 6.30. The summed E-state index contributed by atoms with van der Waals surface area (Å²) in [6.45, 7) is 0.826. The second-order valence-corrected chi connectivity index (χ2v) is 5.34. The lowest BCUT2D eigenvalue weighted by molar-refractivity contribution is 0.231. The molecule has 0 atom stereocenters. The van der Waals surface area contributed by atoms with E-state index in [1.54, 1.807) is 24.3 Å². The van der Waals surface area contributed by atoms with Gasteiger partial charge in [0, 0.05) is 11.1 Å². The van der Waals surface area contributed by atoms with E-state index in [1.807, 2.05) is 0 Å². The van der Waals surface area contributed by atoms with Gasteiger partial charge in [0.1, 0.15) is 24.8 Å². The van der Waals surface area contributed by atoms with Crippen LogP contribution in [-0.4, -0.2) is 32.3 Å². The van der Waals surface area contributed by atoms with Gasteiger partial charge in [-0.1, -0.05) is 11.6 Å². The average molecular weight is 371 g/mol. The van der Waals surface area contributed by atoms with E-state index in [2.05, 4.69) is 10.6 Å². The molecule has 0 aromatic heterocycles. The molecule has 2 aromatic carbocycles. The van der Waals surface area contributed by atoms with Gasteiger partial charge < -0.3 is 20.1 Å². The molecule has 0 heterocycles. The number of carbonyl (C=O) groups excluding carboxylic acids is 1. The van der Waals surface area contributed by atoms with E-state index in [1.165, 1.54) is 6.07 Å². The van der Waals surface area contributed by atoms with Gasteiger partial charge in [-0.15, -0.1) is 0 Å².